The Morgan fingerprint density at radius 1 is 1.03 bits per heavy atom. The second kappa shape index (κ2) is 9.38. The van der Waals surface area contributed by atoms with Crippen LogP contribution >= 0.6 is 0 Å². The highest BCUT2D eigenvalue weighted by atomic mass is 16.6. The standard InChI is InChI=1S/C22H26N6O3/c1-5-23-20(29)28-19-10-17-16(15-8-9-26-27-12-15)7-6-14(18(17)13-24-19)11-25-21(30)31-22(2,3)4/h6-10,12-13H,5,11H2,1-4H3,(H,25,30)(H2,23,24,28,29). The molecule has 2 heterocycles. The van der Waals surface area contributed by atoms with Crippen LogP contribution in [0.4, 0.5) is 15.4 Å². The molecule has 162 valence electrons. The summed E-state index contributed by atoms with van der Waals surface area (Å²) in [6, 6.07) is 7.20. The number of pyridine rings is 1. The molecule has 2 aromatic heterocycles. The van der Waals surface area contributed by atoms with Crippen molar-refractivity contribution < 1.29 is 14.3 Å². The number of rotatable bonds is 5. The van der Waals surface area contributed by atoms with Crippen molar-refractivity contribution >= 4 is 28.7 Å². The van der Waals surface area contributed by atoms with E-state index in [0.29, 0.717) is 12.4 Å². The van der Waals surface area contributed by atoms with E-state index in [1.807, 2.05) is 45.9 Å². The molecule has 0 atom stereocenters. The molecule has 0 unspecified atom stereocenters. The fourth-order valence-corrected chi connectivity index (χ4v) is 3.02. The van der Waals surface area contributed by atoms with E-state index in [1.165, 1.54) is 0 Å². The molecule has 9 nitrogen and oxygen atoms in total. The van der Waals surface area contributed by atoms with Gasteiger partial charge in [-0.05, 0) is 56.3 Å². The smallest absolute Gasteiger partial charge is 0.407 e. The molecule has 0 aliphatic heterocycles. The summed E-state index contributed by atoms with van der Waals surface area (Å²) in [7, 11) is 0. The lowest BCUT2D eigenvalue weighted by Crippen LogP contribution is -2.32. The Morgan fingerprint density at radius 3 is 2.52 bits per heavy atom. The summed E-state index contributed by atoms with van der Waals surface area (Å²) in [6.07, 6.45) is 4.48. The van der Waals surface area contributed by atoms with E-state index in [2.05, 4.69) is 31.1 Å². The number of hydrogen-bond acceptors (Lipinski definition) is 6. The second-order valence-corrected chi connectivity index (χ2v) is 7.86. The zero-order valence-electron chi connectivity index (χ0n) is 18.0. The van der Waals surface area contributed by atoms with Gasteiger partial charge in [0.15, 0.2) is 0 Å². The highest BCUT2D eigenvalue weighted by Gasteiger charge is 2.17. The summed E-state index contributed by atoms with van der Waals surface area (Å²) >= 11 is 0. The molecule has 31 heavy (non-hydrogen) atoms. The molecule has 0 aliphatic rings. The topological polar surface area (TPSA) is 118 Å². The first-order valence-corrected chi connectivity index (χ1v) is 9.97. The second-order valence-electron chi connectivity index (χ2n) is 7.86. The normalized spacial score (nSPS) is 11.1. The van der Waals surface area contributed by atoms with Crippen LogP contribution < -0.4 is 16.0 Å². The van der Waals surface area contributed by atoms with Crippen molar-refractivity contribution in [3.63, 3.8) is 0 Å². The molecule has 1 aromatic carbocycles. The minimum absolute atomic E-state index is 0.269. The van der Waals surface area contributed by atoms with Crippen LogP contribution in [0, 0.1) is 0 Å². The maximum Gasteiger partial charge on any atom is 0.407 e. The predicted molar refractivity (Wildman–Crippen MR) is 119 cm³/mol. The predicted octanol–water partition coefficient (Wildman–Crippen LogP) is 3.86. The number of carbonyl (C=O) groups is 2. The van der Waals surface area contributed by atoms with Crippen LogP contribution in [0.15, 0.2) is 42.9 Å². The number of carbonyl (C=O) groups excluding carboxylic acids is 2. The van der Waals surface area contributed by atoms with Crippen molar-refractivity contribution in [1.29, 1.82) is 0 Å². The van der Waals surface area contributed by atoms with E-state index in [0.717, 1.165) is 27.5 Å². The van der Waals surface area contributed by atoms with Crippen LogP contribution in [0.3, 0.4) is 0 Å². The van der Waals surface area contributed by atoms with E-state index in [9.17, 15) is 9.59 Å². The maximum absolute atomic E-state index is 12.1. The van der Waals surface area contributed by atoms with Gasteiger partial charge >= 0.3 is 12.1 Å². The van der Waals surface area contributed by atoms with Crippen LogP contribution in [0.5, 0.6) is 0 Å². The Hall–Kier alpha value is -3.75. The molecule has 0 radical (unpaired) electrons. The Bertz CT molecular complexity index is 1080. The minimum Gasteiger partial charge on any atom is -0.444 e. The summed E-state index contributed by atoms with van der Waals surface area (Å²) in [4.78, 5) is 28.4. The quantitative estimate of drug-likeness (QED) is 0.575. The first kappa shape index (κ1) is 21.9. The van der Waals surface area contributed by atoms with Crippen molar-refractivity contribution in [3.05, 3.63) is 48.4 Å². The Balaban J connectivity index is 1.97. The third kappa shape index (κ3) is 5.88. The van der Waals surface area contributed by atoms with Gasteiger partial charge in [0.2, 0.25) is 0 Å². The number of ether oxygens (including phenoxy) is 1. The number of fused-ring (bicyclic) bond motifs is 1. The van der Waals surface area contributed by atoms with Gasteiger partial charge in [0.05, 0.1) is 12.4 Å². The van der Waals surface area contributed by atoms with Gasteiger partial charge in [-0.3, -0.25) is 5.32 Å². The highest BCUT2D eigenvalue weighted by Crippen LogP contribution is 2.31. The van der Waals surface area contributed by atoms with E-state index >= 15 is 0 Å². The van der Waals surface area contributed by atoms with Gasteiger partial charge in [-0.15, -0.1) is 0 Å². The molecule has 9 heteroatoms. The average molecular weight is 422 g/mol. The molecular weight excluding hydrogens is 396 g/mol. The fraction of sp³-hybridized carbons (Fsp3) is 0.318. The van der Waals surface area contributed by atoms with Gasteiger partial charge in [-0.2, -0.15) is 10.2 Å². The lowest BCUT2D eigenvalue weighted by atomic mass is 9.97. The molecule has 0 saturated carbocycles. The number of anilines is 1. The van der Waals surface area contributed by atoms with Gasteiger partial charge in [-0.1, -0.05) is 12.1 Å². The first-order valence-electron chi connectivity index (χ1n) is 9.97. The molecule has 0 spiro atoms. The SMILES string of the molecule is CCNC(=O)Nc1cc2c(-c3ccnnc3)ccc(CNC(=O)OC(C)(C)C)c2cn1. The highest BCUT2D eigenvalue weighted by molar-refractivity contribution is 6.00. The number of hydrogen-bond donors (Lipinski definition) is 3. The summed E-state index contributed by atoms with van der Waals surface area (Å²) in [5, 5.41) is 17.7. The van der Waals surface area contributed by atoms with Gasteiger partial charge in [0.1, 0.15) is 11.4 Å². The van der Waals surface area contributed by atoms with Crippen molar-refractivity contribution in [2.24, 2.45) is 0 Å². The monoisotopic (exact) mass is 422 g/mol. The summed E-state index contributed by atoms with van der Waals surface area (Å²) in [5.74, 6) is 0.416. The molecule has 0 fully saturated rings. The number of nitrogens with zero attached hydrogens (tertiary/aromatic N) is 3. The average Bonchev–Trinajstić information content (AvgIpc) is 2.71. The van der Waals surface area contributed by atoms with Crippen LogP contribution in [0.2, 0.25) is 0 Å². The van der Waals surface area contributed by atoms with Crippen molar-refractivity contribution in [3.8, 4) is 11.1 Å². The van der Waals surface area contributed by atoms with Gasteiger partial charge in [0.25, 0.3) is 0 Å². The number of benzene rings is 1. The van der Waals surface area contributed by atoms with Gasteiger partial charge < -0.3 is 15.4 Å². The van der Waals surface area contributed by atoms with Crippen LogP contribution in [0.1, 0.15) is 33.3 Å². The van der Waals surface area contributed by atoms with E-state index in [4.69, 9.17) is 4.74 Å². The number of nitrogens with one attached hydrogen (secondary N) is 3. The van der Waals surface area contributed by atoms with E-state index < -0.39 is 11.7 Å². The van der Waals surface area contributed by atoms with Crippen LogP contribution in [0.25, 0.3) is 21.9 Å². The van der Waals surface area contributed by atoms with Crippen LogP contribution in [-0.4, -0.2) is 39.5 Å². The Kier molecular flexibility index (Phi) is 6.64. The maximum atomic E-state index is 12.1. The lowest BCUT2D eigenvalue weighted by molar-refractivity contribution is 0.0523. The van der Waals surface area contributed by atoms with Gasteiger partial charge in [0, 0.05) is 30.2 Å². The molecule has 0 bridgehead atoms. The Labute approximate surface area is 180 Å². The Morgan fingerprint density at radius 2 is 1.84 bits per heavy atom. The molecule has 0 aliphatic carbocycles. The largest absolute Gasteiger partial charge is 0.444 e. The molecule has 3 N–H and O–H groups in total. The van der Waals surface area contributed by atoms with Crippen molar-refractivity contribution in [2.75, 3.05) is 11.9 Å². The molecule has 0 saturated heterocycles. The zero-order valence-corrected chi connectivity index (χ0v) is 18.0. The van der Waals surface area contributed by atoms with E-state index in [1.54, 1.807) is 24.7 Å². The fourth-order valence-electron chi connectivity index (χ4n) is 3.02. The zero-order chi connectivity index (χ0) is 22.4. The third-order valence-corrected chi connectivity index (χ3v) is 4.29. The molecular formula is C22H26N6O3. The third-order valence-electron chi connectivity index (χ3n) is 4.29. The summed E-state index contributed by atoms with van der Waals surface area (Å²) in [6.45, 7) is 8.05. The van der Waals surface area contributed by atoms with Crippen LogP contribution in [-0.2, 0) is 11.3 Å². The molecule has 3 rings (SSSR count). The molecule has 3 amide bonds. The summed E-state index contributed by atoms with van der Waals surface area (Å²) in [5.41, 5.74) is 2.07. The number of alkyl carbamates (subject to hydrolysis) is 1. The van der Waals surface area contributed by atoms with E-state index in [-0.39, 0.29) is 12.6 Å². The number of amides is 3. The first-order chi connectivity index (χ1) is 14.8. The van der Waals surface area contributed by atoms with Crippen molar-refractivity contribution in [1.82, 2.24) is 25.8 Å². The van der Waals surface area contributed by atoms with Gasteiger partial charge in [-0.25, -0.2) is 14.6 Å². The number of aromatic nitrogens is 3. The number of urea groups is 1. The van der Waals surface area contributed by atoms with Crippen molar-refractivity contribution in [2.45, 2.75) is 39.8 Å². The molecule has 3 aromatic rings. The lowest BCUT2D eigenvalue weighted by Gasteiger charge is -2.20. The summed E-state index contributed by atoms with van der Waals surface area (Å²) < 4.78 is 5.32. The minimum atomic E-state index is -0.578.